The number of amides is 1. The molecule has 2 N–H and O–H groups in total. The Hall–Kier alpha value is -3.14. The molecular weight excluding hydrogens is 442 g/mol. The van der Waals surface area contributed by atoms with E-state index in [4.69, 9.17) is 4.74 Å². The van der Waals surface area contributed by atoms with E-state index >= 15 is 0 Å². The highest BCUT2D eigenvalue weighted by Crippen LogP contribution is 2.36. The zero-order chi connectivity index (χ0) is 23.8. The lowest BCUT2D eigenvalue weighted by Crippen LogP contribution is -2.20. The van der Waals surface area contributed by atoms with Crippen LogP contribution < -0.4 is 10.1 Å². The molecule has 1 heterocycles. The van der Waals surface area contributed by atoms with Crippen LogP contribution >= 0.6 is 0 Å². The predicted octanol–water partition coefficient (Wildman–Crippen LogP) is 5.18. The van der Waals surface area contributed by atoms with E-state index in [0.29, 0.717) is 22.9 Å². The van der Waals surface area contributed by atoms with E-state index in [9.17, 15) is 27.5 Å². The van der Waals surface area contributed by atoms with Crippen molar-refractivity contribution in [2.45, 2.75) is 37.9 Å². The molecule has 33 heavy (non-hydrogen) atoms. The molecule has 0 spiro atoms. The molecule has 2 aromatic carbocycles. The maximum Gasteiger partial charge on any atom is 0.419 e. The van der Waals surface area contributed by atoms with Crippen molar-refractivity contribution in [1.82, 2.24) is 9.78 Å². The van der Waals surface area contributed by atoms with E-state index in [2.05, 4.69) is 10.4 Å². The van der Waals surface area contributed by atoms with Crippen LogP contribution in [0.25, 0.3) is 10.9 Å². The Morgan fingerprint density at radius 2 is 1.97 bits per heavy atom. The number of aliphatic hydroxyl groups excluding tert-OH is 1. The van der Waals surface area contributed by atoms with Gasteiger partial charge in [-0.15, -0.1) is 0 Å². The first-order chi connectivity index (χ1) is 15.7. The summed E-state index contributed by atoms with van der Waals surface area (Å²) in [6.45, 7) is 0.181. The number of aromatic nitrogens is 2. The van der Waals surface area contributed by atoms with Crippen LogP contribution in [0.15, 0.2) is 36.5 Å². The Bertz CT molecular complexity index is 1170. The molecule has 0 unspecified atom stereocenters. The van der Waals surface area contributed by atoms with Gasteiger partial charge >= 0.3 is 6.18 Å². The fourth-order valence-corrected chi connectivity index (χ4v) is 4.23. The number of alkyl halides is 3. The third-order valence-corrected chi connectivity index (χ3v) is 6.09. The number of ether oxygens (including phenoxy) is 1. The molecule has 0 bridgehead atoms. The van der Waals surface area contributed by atoms with Gasteiger partial charge in [-0.05, 0) is 49.8 Å². The highest BCUT2D eigenvalue weighted by Gasteiger charge is 2.35. The number of carbonyl (C=O) groups excluding carboxylic acids is 1. The first-order valence-electron chi connectivity index (χ1n) is 10.6. The van der Waals surface area contributed by atoms with Crippen LogP contribution in [-0.4, -0.2) is 34.5 Å². The topological polar surface area (TPSA) is 76.4 Å². The fraction of sp³-hybridized carbons (Fsp3) is 0.391. The standard InChI is InChI=1S/C23H23F4N3O3/c1-33-20-10-18-14(11-30(29-18)15-7-5-13(12-31)6-8-15)9-19(20)28-22(32)16-3-2-4-17(21(16)24)23(25,26)27/h2-4,9-11,13,15,31H,5-8,12H2,1H3,(H,28,32). The number of rotatable bonds is 5. The van der Waals surface area contributed by atoms with Gasteiger partial charge in [-0.2, -0.15) is 18.3 Å². The number of hydrogen-bond acceptors (Lipinski definition) is 4. The Morgan fingerprint density at radius 1 is 1.24 bits per heavy atom. The van der Waals surface area contributed by atoms with E-state index in [0.717, 1.165) is 37.8 Å². The summed E-state index contributed by atoms with van der Waals surface area (Å²) >= 11 is 0. The molecule has 0 radical (unpaired) electrons. The number of aliphatic hydroxyl groups is 1. The average Bonchev–Trinajstić information content (AvgIpc) is 3.20. The average molecular weight is 465 g/mol. The predicted molar refractivity (Wildman–Crippen MR) is 114 cm³/mol. The quantitative estimate of drug-likeness (QED) is 0.509. The zero-order valence-corrected chi connectivity index (χ0v) is 17.8. The van der Waals surface area contributed by atoms with Gasteiger partial charge in [0.2, 0.25) is 0 Å². The second-order valence-corrected chi connectivity index (χ2v) is 8.20. The number of nitrogens with one attached hydrogen (secondary N) is 1. The van der Waals surface area contributed by atoms with Crippen LogP contribution in [0.5, 0.6) is 5.75 Å². The summed E-state index contributed by atoms with van der Waals surface area (Å²) in [4.78, 5) is 12.6. The van der Waals surface area contributed by atoms with Crippen LogP contribution in [0.4, 0.5) is 23.2 Å². The molecule has 1 saturated carbocycles. The van der Waals surface area contributed by atoms with Crippen molar-refractivity contribution in [1.29, 1.82) is 0 Å². The van der Waals surface area contributed by atoms with Gasteiger partial charge in [0.05, 0.1) is 35.5 Å². The Kier molecular flexibility index (Phi) is 6.29. The first kappa shape index (κ1) is 23.0. The van der Waals surface area contributed by atoms with Crippen molar-refractivity contribution >= 4 is 22.5 Å². The van der Waals surface area contributed by atoms with Gasteiger partial charge in [-0.25, -0.2) is 4.39 Å². The maximum absolute atomic E-state index is 14.4. The summed E-state index contributed by atoms with van der Waals surface area (Å²) in [6, 6.07) is 5.95. The summed E-state index contributed by atoms with van der Waals surface area (Å²) in [6.07, 6.45) is 0.500. The van der Waals surface area contributed by atoms with Gasteiger partial charge in [0.1, 0.15) is 11.6 Å². The number of fused-ring (bicyclic) bond motifs is 1. The van der Waals surface area contributed by atoms with Crippen LogP contribution in [0.1, 0.15) is 47.6 Å². The van der Waals surface area contributed by atoms with Crippen molar-refractivity contribution in [3.63, 3.8) is 0 Å². The lowest BCUT2D eigenvalue weighted by molar-refractivity contribution is -0.140. The number of methoxy groups -OCH3 is 1. The van der Waals surface area contributed by atoms with Gasteiger partial charge in [0.25, 0.3) is 5.91 Å². The molecule has 4 rings (SSSR count). The molecule has 1 amide bonds. The minimum absolute atomic E-state index is 0.181. The smallest absolute Gasteiger partial charge is 0.419 e. The molecule has 0 aliphatic heterocycles. The normalized spacial score (nSPS) is 19.0. The van der Waals surface area contributed by atoms with Crippen molar-refractivity contribution in [2.75, 3.05) is 19.0 Å². The van der Waals surface area contributed by atoms with E-state index in [1.54, 1.807) is 12.1 Å². The Labute approximate surface area is 187 Å². The number of hydrogen-bond donors (Lipinski definition) is 2. The first-order valence-corrected chi connectivity index (χ1v) is 10.6. The van der Waals surface area contributed by atoms with Gasteiger partial charge in [-0.1, -0.05) is 6.07 Å². The van der Waals surface area contributed by atoms with E-state index in [-0.39, 0.29) is 24.1 Å². The van der Waals surface area contributed by atoms with Gasteiger partial charge in [-0.3, -0.25) is 9.48 Å². The van der Waals surface area contributed by atoms with Gasteiger partial charge in [0.15, 0.2) is 0 Å². The SMILES string of the molecule is COc1cc2nn(C3CCC(CO)CC3)cc2cc1NC(=O)c1cccc(C(F)(F)F)c1F. The second kappa shape index (κ2) is 9.01. The molecule has 6 nitrogen and oxygen atoms in total. The molecule has 1 aliphatic carbocycles. The molecule has 1 aliphatic rings. The lowest BCUT2D eigenvalue weighted by atomic mass is 9.87. The van der Waals surface area contributed by atoms with E-state index < -0.39 is 29.0 Å². The Morgan fingerprint density at radius 3 is 2.61 bits per heavy atom. The minimum atomic E-state index is -4.91. The van der Waals surface area contributed by atoms with Gasteiger partial charge < -0.3 is 15.2 Å². The highest BCUT2D eigenvalue weighted by atomic mass is 19.4. The van der Waals surface area contributed by atoms with Crippen molar-refractivity contribution in [2.24, 2.45) is 5.92 Å². The van der Waals surface area contributed by atoms with Crippen LogP contribution in [-0.2, 0) is 6.18 Å². The third kappa shape index (κ3) is 4.66. The molecule has 0 atom stereocenters. The second-order valence-electron chi connectivity index (χ2n) is 8.20. The number of anilines is 1. The molecule has 3 aromatic rings. The molecule has 10 heteroatoms. The number of benzene rings is 2. The summed E-state index contributed by atoms with van der Waals surface area (Å²) < 4.78 is 60.5. The largest absolute Gasteiger partial charge is 0.494 e. The summed E-state index contributed by atoms with van der Waals surface area (Å²) in [7, 11) is 1.38. The van der Waals surface area contributed by atoms with E-state index in [1.165, 1.54) is 7.11 Å². The van der Waals surface area contributed by atoms with Crippen molar-refractivity contribution in [3.8, 4) is 5.75 Å². The lowest BCUT2D eigenvalue weighted by Gasteiger charge is -2.27. The minimum Gasteiger partial charge on any atom is -0.494 e. The molecule has 176 valence electrons. The highest BCUT2D eigenvalue weighted by molar-refractivity contribution is 6.06. The molecular formula is C23H23F4N3O3. The number of carbonyl (C=O) groups is 1. The Balaban J connectivity index is 1.61. The molecule has 1 aromatic heterocycles. The van der Waals surface area contributed by atoms with E-state index in [1.807, 2.05) is 10.9 Å². The van der Waals surface area contributed by atoms with Gasteiger partial charge in [0, 0.05) is 24.3 Å². The number of nitrogens with zero attached hydrogens (tertiary/aromatic N) is 2. The van der Waals surface area contributed by atoms with Crippen LogP contribution in [0.3, 0.4) is 0 Å². The fourth-order valence-electron chi connectivity index (χ4n) is 4.23. The van der Waals surface area contributed by atoms with Crippen LogP contribution in [0, 0.1) is 11.7 Å². The summed E-state index contributed by atoms with van der Waals surface area (Å²) in [5.74, 6) is -2.10. The molecule has 0 saturated heterocycles. The molecule has 1 fully saturated rings. The van der Waals surface area contributed by atoms with Crippen LogP contribution in [0.2, 0.25) is 0 Å². The maximum atomic E-state index is 14.4. The summed E-state index contributed by atoms with van der Waals surface area (Å²) in [5.41, 5.74) is -1.41. The summed E-state index contributed by atoms with van der Waals surface area (Å²) in [5, 5.41) is 17.1. The third-order valence-electron chi connectivity index (χ3n) is 6.09. The zero-order valence-electron chi connectivity index (χ0n) is 17.8. The van der Waals surface area contributed by atoms with Crippen molar-refractivity contribution < 1.29 is 32.2 Å². The number of halogens is 4. The monoisotopic (exact) mass is 465 g/mol. The van der Waals surface area contributed by atoms with Crippen molar-refractivity contribution in [3.05, 3.63) is 53.5 Å².